The van der Waals surface area contributed by atoms with Crippen molar-refractivity contribution in [3.63, 3.8) is 0 Å². The molecular formula is C25H28. The lowest BCUT2D eigenvalue weighted by atomic mass is 9.55. The summed E-state index contributed by atoms with van der Waals surface area (Å²) < 4.78 is 0. The summed E-state index contributed by atoms with van der Waals surface area (Å²) in [6, 6.07) is 20.6. The third-order valence-corrected chi connectivity index (χ3v) is 7.37. The third-order valence-electron chi connectivity index (χ3n) is 7.37. The fourth-order valence-electron chi connectivity index (χ4n) is 6.45. The monoisotopic (exact) mass is 328 g/mol. The SMILES string of the molecule is [c]1ccc2c(c1)-c1ccc[c]c1C2(C1CCCCC1)C1CCCCC1. The molecule has 128 valence electrons. The lowest BCUT2D eigenvalue weighted by molar-refractivity contribution is 0.137. The summed E-state index contributed by atoms with van der Waals surface area (Å²) in [7, 11) is 0. The average Bonchev–Trinajstić information content (AvgIpc) is 3.01. The molecule has 0 heteroatoms. The number of rotatable bonds is 2. The molecule has 2 saturated carbocycles. The van der Waals surface area contributed by atoms with Gasteiger partial charge in [-0.3, -0.25) is 0 Å². The van der Waals surface area contributed by atoms with Crippen LogP contribution in [-0.2, 0) is 5.41 Å². The minimum Gasteiger partial charge on any atom is -0.0610 e. The van der Waals surface area contributed by atoms with E-state index in [2.05, 4.69) is 48.5 Å². The molecule has 3 aliphatic rings. The molecule has 2 radical (unpaired) electrons. The minimum absolute atomic E-state index is 0.224. The Bertz CT molecular complexity index is 679. The fourth-order valence-corrected chi connectivity index (χ4v) is 6.45. The van der Waals surface area contributed by atoms with Gasteiger partial charge in [0.25, 0.3) is 0 Å². The zero-order valence-corrected chi connectivity index (χ0v) is 15.2. The zero-order chi connectivity index (χ0) is 16.7. The van der Waals surface area contributed by atoms with Crippen molar-refractivity contribution < 1.29 is 0 Å². The summed E-state index contributed by atoms with van der Waals surface area (Å²) in [6.07, 6.45) is 14.1. The van der Waals surface area contributed by atoms with Crippen LogP contribution in [0.15, 0.2) is 36.4 Å². The molecule has 0 N–H and O–H groups in total. The first-order valence-corrected chi connectivity index (χ1v) is 10.4. The lowest BCUT2D eigenvalue weighted by Crippen LogP contribution is -2.44. The largest absolute Gasteiger partial charge is 0.0610 e. The van der Waals surface area contributed by atoms with Crippen molar-refractivity contribution in [2.45, 2.75) is 69.6 Å². The molecule has 0 unspecified atom stereocenters. The number of benzene rings is 2. The quantitative estimate of drug-likeness (QED) is 0.574. The molecule has 2 fully saturated rings. The highest BCUT2D eigenvalue weighted by Crippen LogP contribution is 2.61. The van der Waals surface area contributed by atoms with Crippen LogP contribution < -0.4 is 0 Å². The number of fused-ring (bicyclic) bond motifs is 3. The van der Waals surface area contributed by atoms with Gasteiger partial charge >= 0.3 is 0 Å². The van der Waals surface area contributed by atoms with E-state index in [9.17, 15) is 0 Å². The topological polar surface area (TPSA) is 0 Å². The second-order valence-electron chi connectivity index (χ2n) is 8.47. The summed E-state index contributed by atoms with van der Waals surface area (Å²) in [6.45, 7) is 0. The van der Waals surface area contributed by atoms with Crippen molar-refractivity contribution in [2.24, 2.45) is 11.8 Å². The molecule has 0 atom stereocenters. The van der Waals surface area contributed by atoms with Crippen molar-refractivity contribution in [1.29, 1.82) is 0 Å². The van der Waals surface area contributed by atoms with E-state index < -0.39 is 0 Å². The van der Waals surface area contributed by atoms with Gasteiger partial charge in [-0.2, -0.15) is 0 Å². The zero-order valence-electron chi connectivity index (χ0n) is 15.2. The molecular weight excluding hydrogens is 300 g/mol. The number of hydrogen-bond acceptors (Lipinski definition) is 0. The van der Waals surface area contributed by atoms with Gasteiger partial charge in [0.05, 0.1) is 0 Å². The Morgan fingerprint density at radius 1 is 0.760 bits per heavy atom. The van der Waals surface area contributed by atoms with Gasteiger partial charge in [-0.25, -0.2) is 0 Å². The highest BCUT2D eigenvalue weighted by Gasteiger charge is 2.53. The predicted molar refractivity (Wildman–Crippen MR) is 103 cm³/mol. The van der Waals surface area contributed by atoms with Gasteiger partial charge in [0.15, 0.2) is 0 Å². The molecule has 0 nitrogen and oxygen atoms in total. The molecule has 0 saturated heterocycles. The van der Waals surface area contributed by atoms with Crippen LogP contribution in [0.1, 0.15) is 75.3 Å². The van der Waals surface area contributed by atoms with Gasteiger partial charge in [-0.05, 0) is 78.0 Å². The second-order valence-corrected chi connectivity index (χ2v) is 8.47. The molecule has 0 amide bonds. The molecule has 0 aliphatic heterocycles. The first kappa shape index (κ1) is 15.7. The van der Waals surface area contributed by atoms with Crippen molar-refractivity contribution >= 4 is 0 Å². The van der Waals surface area contributed by atoms with Crippen molar-refractivity contribution in [2.75, 3.05) is 0 Å². The van der Waals surface area contributed by atoms with Gasteiger partial charge in [-0.1, -0.05) is 68.9 Å². The maximum atomic E-state index is 3.77. The molecule has 2 aromatic carbocycles. The molecule has 0 spiro atoms. The van der Waals surface area contributed by atoms with E-state index in [-0.39, 0.29) is 5.41 Å². The van der Waals surface area contributed by atoms with Crippen LogP contribution in [0.25, 0.3) is 11.1 Å². The lowest BCUT2D eigenvalue weighted by Gasteiger charge is -2.48. The van der Waals surface area contributed by atoms with Crippen LogP contribution in [0, 0.1) is 24.0 Å². The van der Waals surface area contributed by atoms with E-state index in [4.69, 9.17) is 0 Å². The Morgan fingerprint density at radius 3 is 2.12 bits per heavy atom. The van der Waals surface area contributed by atoms with Crippen LogP contribution in [0.5, 0.6) is 0 Å². The summed E-state index contributed by atoms with van der Waals surface area (Å²) in [5.74, 6) is 1.59. The summed E-state index contributed by atoms with van der Waals surface area (Å²) >= 11 is 0. The van der Waals surface area contributed by atoms with Crippen molar-refractivity contribution in [1.82, 2.24) is 0 Å². The highest BCUT2D eigenvalue weighted by molar-refractivity contribution is 5.81. The van der Waals surface area contributed by atoms with E-state index in [1.54, 1.807) is 5.56 Å². The Kier molecular flexibility index (Phi) is 3.95. The third kappa shape index (κ3) is 2.26. The van der Waals surface area contributed by atoms with Crippen LogP contribution in [-0.4, -0.2) is 0 Å². The van der Waals surface area contributed by atoms with E-state index in [0.717, 1.165) is 11.8 Å². The van der Waals surface area contributed by atoms with Crippen LogP contribution in [0.2, 0.25) is 0 Å². The normalized spacial score (nSPS) is 23.2. The van der Waals surface area contributed by atoms with Gasteiger partial charge in [0.2, 0.25) is 0 Å². The van der Waals surface area contributed by atoms with Crippen LogP contribution in [0.4, 0.5) is 0 Å². The molecule has 0 aromatic heterocycles. The number of hydrogen-bond donors (Lipinski definition) is 0. The minimum atomic E-state index is 0.224. The summed E-state index contributed by atoms with van der Waals surface area (Å²) in [4.78, 5) is 0. The molecule has 2 aromatic rings. The van der Waals surface area contributed by atoms with Crippen LogP contribution in [0.3, 0.4) is 0 Å². The second kappa shape index (κ2) is 6.31. The maximum Gasteiger partial charge on any atom is 0.0277 e. The van der Waals surface area contributed by atoms with E-state index in [1.807, 2.05) is 0 Å². The fraction of sp³-hybridized carbons (Fsp3) is 0.520. The van der Waals surface area contributed by atoms with Crippen molar-refractivity contribution in [3.05, 3.63) is 59.7 Å². The Hall–Kier alpha value is -1.56. The van der Waals surface area contributed by atoms with E-state index in [1.165, 1.54) is 80.9 Å². The predicted octanol–water partition coefficient (Wildman–Crippen LogP) is 6.71. The van der Waals surface area contributed by atoms with Crippen molar-refractivity contribution in [3.8, 4) is 11.1 Å². The van der Waals surface area contributed by atoms with E-state index >= 15 is 0 Å². The molecule has 25 heavy (non-hydrogen) atoms. The van der Waals surface area contributed by atoms with Crippen LogP contribution >= 0.6 is 0 Å². The Morgan fingerprint density at radius 2 is 1.44 bits per heavy atom. The standard InChI is InChI=1S/C25H28/c1-3-11-19(12-4-1)25(20-13-5-2-6-14-20)23-17-9-7-15-21(23)22-16-8-10-18-24(22)25/h7,9-10,15-16,18-20H,1-6,11-14H2. The smallest absolute Gasteiger partial charge is 0.0277 e. The summed E-state index contributed by atoms with van der Waals surface area (Å²) in [5, 5.41) is 0. The van der Waals surface area contributed by atoms with Gasteiger partial charge in [-0.15, -0.1) is 0 Å². The van der Waals surface area contributed by atoms with E-state index in [0.29, 0.717) is 0 Å². The molecule has 5 rings (SSSR count). The summed E-state index contributed by atoms with van der Waals surface area (Å²) in [5.41, 5.74) is 6.27. The average molecular weight is 328 g/mol. The molecule has 0 heterocycles. The highest BCUT2D eigenvalue weighted by atomic mass is 14.6. The Balaban J connectivity index is 1.76. The maximum absolute atomic E-state index is 3.77. The van der Waals surface area contributed by atoms with Gasteiger partial charge in [0.1, 0.15) is 0 Å². The van der Waals surface area contributed by atoms with Gasteiger partial charge < -0.3 is 0 Å². The Labute approximate surface area is 152 Å². The first-order valence-electron chi connectivity index (χ1n) is 10.4. The molecule has 0 bridgehead atoms. The van der Waals surface area contributed by atoms with Gasteiger partial charge in [0, 0.05) is 5.41 Å². The molecule has 3 aliphatic carbocycles. The first-order chi connectivity index (χ1) is 12.4.